The van der Waals surface area contributed by atoms with Gasteiger partial charge in [0.25, 0.3) is 0 Å². The maximum absolute atomic E-state index is 5.16. The number of fused-ring (bicyclic) bond motifs is 1. The van der Waals surface area contributed by atoms with Gasteiger partial charge >= 0.3 is 0 Å². The van der Waals surface area contributed by atoms with Gasteiger partial charge in [-0.3, -0.25) is 10.9 Å². The van der Waals surface area contributed by atoms with Gasteiger partial charge in [0.2, 0.25) is 0 Å². The number of nitrogens with zero attached hydrogens (tertiary/aromatic N) is 2. The number of benzene rings is 1. The van der Waals surface area contributed by atoms with Crippen LogP contribution in [-0.4, -0.2) is 21.4 Å². The summed E-state index contributed by atoms with van der Waals surface area (Å²) in [7, 11) is 0. The third-order valence-electron chi connectivity index (χ3n) is 2.78. The molecular weight excluding hydrogens is 246 g/mol. The molecular formula is C12H13N5S. The van der Waals surface area contributed by atoms with Gasteiger partial charge in [-0.15, -0.1) is 5.10 Å². The van der Waals surface area contributed by atoms with Gasteiger partial charge in [0.1, 0.15) is 0 Å². The molecule has 5 nitrogen and oxygen atoms in total. The molecule has 92 valence electrons. The minimum Gasteiger partial charge on any atom is -0.359 e. The summed E-state index contributed by atoms with van der Waals surface area (Å²) in [5.74, 6) is 0.674. The second-order valence-corrected chi connectivity index (χ2v) is 4.69. The Kier molecular flexibility index (Phi) is 2.93. The first kappa shape index (κ1) is 11.2. The minimum absolute atomic E-state index is 0.533. The fourth-order valence-electron chi connectivity index (χ4n) is 1.69. The Morgan fingerprint density at radius 2 is 2.11 bits per heavy atom. The number of hydrogen-bond donors (Lipinski definition) is 3. The molecule has 0 bridgehead atoms. The fourth-order valence-corrected chi connectivity index (χ4v) is 1.90. The summed E-state index contributed by atoms with van der Waals surface area (Å²) in [6.07, 6.45) is 4.12. The summed E-state index contributed by atoms with van der Waals surface area (Å²) in [5, 5.41) is 13.8. The van der Waals surface area contributed by atoms with E-state index in [2.05, 4.69) is 26.4 Å². The zero-order valence-electron chi connectivity index (χ0n) is 9.68. The Labute approximate surface area is 110 Å². The van der Waals surface area contributed by atoms with E-state index < -0.39 is 0 Å². The second-order valence-electron chi connectivity index (χ2n) is 4.28. The monoisotopic (exact) mass is 259 g/mol. The maximum Gasteiger partial charge on any atom is 0.185 e. The molecule has 0 aliphatic heterocycles. The number of nitrogens with one attached hydrogen (secondary N) is 3. The summed E-state index contributed by atoms with van der Waals surface area (Å²) in [4.78, 5) is 0. The number of thiocarbonyl (C=S) groups is 1. The largest absolute Gasteiger partial charge is 0.359 e. The van der Waals surface area contributed by atoms with Crippen LogP contribution in [0.25, 0.3) is 10.8 Å². The van der Waals surface area contributed by atoms with Crippen LogP contribution >= 0.6 is 12.2 Å². The Morgan fingerprint density at radius 1 is 1.28 bits per heavy atom. The van der Waals surface area contributed by atoms with E-state index in [4.69, 9.17) is 12.2 Å². The molecule has 6 heteroatoms. The molecule has 0 atom stereocenters. The van der Waals surface area contributed by atoms with E-state index in [1.165, 1.54) is 12.8 Å². The Bertz CT molecular complexity index is 576. The van der Waals surface area contributed by atoms with E-state index in [0.717, 1.165) is 10.8 Å². The number of anilines is 1. The highest BCUT2D eigenvalue weighted by Gasteiger charge is 2.21. The molecule has 0 amide bonds. The first-order valence-electron chi connectivity index (χ1n) is 5.86. The van der Waals surface area contributed by atoms with E-state index in [0.29, 0.717) is 17.0 Å². The summed E-state index contributed by atoms with van der Waals surface area (Å²) in [5.41, 5.74) is 5.92. The Balaban J connectivity index is 1.71. The van der Waals surface area contributed by atoms with E-state index >= 15 is 0 Å². The van der Waals surface area contributed by atoms with Crippen LogP contribution in [0.4, 0.5) is 5.82 Å². The lowest BCUT2D eigenvalue weighted by Crippen LogP contribution is -2.40. The Morgan fingerprint density at radius 3 is 2.94 bits per heavy atom. The van der Waals surface area contributed by atoms with Crippen LogP contribution in [0.5, 0.6) is 0 Å². The van der Waals surface area contributed by atoms with Gasteiger partial charge in [-0.2, -0.15) is 5.10 Å². The van der Waals surface area contributed by atoms with Crippen molar-refractivity contribution in [1.82, 2.24) is 20.9 Å². The molecule has 3 rings (SSSR count). The van der Waals surface area contributed by atoms with Crippen LogP contribution in [0.15, 0.2) is 30.5 Å². The van der Waals surface area contributed by atoms with Gasteiger partial charge in [0, 0.05) is 16.8 Å². The third-order valence-corrected chi connectivity index (χ3v) is 3.00. The molecule has 0 radical (unpaired) electrons. The highest BCUT2D eigenvalue weighted by molar-refractivity contribution is 7.80. The van der Waals surface area contributed by atoms with Crippen molar-refractivity contribution in [3.8, 4) is 0 Å². The third kappa shape index (κ3) is 2.48. The van der Waals surface area contributed by atoms with E-state index in [1.807, 2.05) is 24.3 Å². The molecule has 3 N–H and O–H groups in total. The van der Waals surface area contributed by atoms with Crippen LogP contribution in [0, 0.1) is 0 Å². The summed E-state index contributed by atoms with van der Waals surface area (Å²) in [6, 6.07) is 8.46. The first-order chi connectivity index (χ1) is 8.83. The molecule has 0 saturated heterocycles. The smallest absolute Gasteiger partial charge is 0.185 e. The van der Waals surface area contributed by atoms with Crippen molar-refractivity contribution >= 4 is 33.9 Å². The van der Waals surface area contributed by atoms with Crippen molar-refractivity contribution in [3.05, 3.63) is 30.5 Å². The molecule has 1 aromatic heterocycles. The summed E-state index contributed by atoms with van der Waals surface area (Å²) < 4.78 is 0. The lowest BCUT2D eigenvalue weighted by Gasteiger charge is -2.12. The topological polar surface area (TPSA) is 61.9 Å². The lowest BCUT2D eigenvalue weighted by molar-refractivity contribution is 0.875. The Hall–Kier alpha value is -1.95. The molecule has 2 aromatic rings. The normalized spacial score (nSPS) is 14.2. The fraction of sp³-hybridized carbons (Fsp3) is 0.250. The molecule has 1 aliphatic carbocycles. The molecule has 0 spiro atoms. The van der Waals surface area contributed by atoms with Gasteiger partial charge in [-0.1, -0.05) is 24.3 Å². The number of aromatic nitrogens is 2. The van der Waals surface area contributed by atoms with Gasteiger partial charge in [0.05, 0.1) is 6.20 Å². The molecule has 1 aromatic carbocycles. The predicted molar refractivity (Wildman–Crippen MR) is 75.1 cm³/mol. The second kappa shape index (κ2) is 4.73. The number of hydrogen-bond acceptors (Lipinski definition) is 4. The maximum atomic E-state index is 5.16. The van der Waals surface area contributed by atoms with Crippen molar-refractivity contribution in [2.75, 3.05) is 5.43 Å². The van der Waals surface area contributed by atoms with E-state index in [1.54, 1.807) is 6.20 Å². The molecule has 1 aliphatic rings. The van der Waals surface area contributed by atoms with Gasteiger partial charge in [0.15, 0.2) is 10.9 Å². The summed E-state index contributed by atoms with van der Waals surface area (Å²) in [6.45, 7) is 0. The van der Waals surface area contributed by atoms with Crippen molar-refractivity contribution < 1.29 is 0 Å². The molecule has 0 unspecified atom stereocenters. The van der Waals surface area contributed by atoms with Crippen molar-refractivity contribution in [1.29, 1.82) is 0 Å². The van der Waals surface area contributed by atoms with E-state index in [9.17, 15) is 0 Å². The van der Waals surface area contributed by atoms with Crippen LogP contribution < -0.4 is 16.2 Å². The standard InChI is InChI=1S/C12H13N5S/c18-12(14-9-5-6-9)17-16-11-10-4-2-1-3-8(10)7-13-15-11/h1-4,7,9H,5-6H2,(H,15,16)(H2,14,17,18). The van der Waals surface area contributed by atoms with Crippen LogP contribution in [0.2, 0.25) is 0 Å². The first-order valence-corrected chi connectivity index (χ1v) is 6.27. The molecule has 1 fully saturated rings. The van der Waals surface area contributed by atoms with Gasteiger partial charge < -0.3 is 5.32 Å². The van der Waals surface area contributed by atoms with Crippen molar-refractivity contribution in [2.24, 2.45) is 0 Å². The van der Waals surface area contributed by atoms with Crippen LogP contribution in [-0.2, 0) is 0 Å². The number of rotatable bonds is 3. The van der Waals surface area contributed by atoms with Gasteiger partial charge in [-0.05, 0) is 25.1 Å². The van der Waals surface area contributed by atoms with E-state index in [-0.39, 0.29) is 0 Å². The molecule has 1 heterocycles. The average molecular weight is 259 g/mol. The van der Waals surface area contributed by atoms with Crippen molar-refractivity contribution in [3.63, 3.8) is 0 Å². The molecule has 1 saturated carbocycles. The molecule has 18 heavy (non-hydrogen) atoms. The average Bonchev–Trinajstić information content (AvgIpc) is 3.20. The van der Waals surface area contributed by atoms with Gasteiger partial charge in [-0.25, -0.2) is 0 Å². The zero-order valence-corrected chi connectivity index (χ0v) is 10.5. The number of hydrazine groups is 1. The zero-order chi connectivity index (χ0) is 12.4. The quantitative estimate of drug-likeness (QED) is 0.575. The highest BCUT2D eigenvalue weighted by atomic mass is 32.1. The SMILES string of the molecule is S=C(NNc1nncc2ccccc12)NC1CC1. The predicted octanol–water partition coefficient (Wildman–Crippen LogP) is 1.58. The van der Waals surface area contributed by atoms with Crippen LogP contribution in [0.3, 0.4) is 0 Å². The van der Waals surface area contributed by atoms with Crippen LogP contribution in [0.1, 0.15) is 12.8 Å². The lowest BCUT2D eigenvalue weighted by atomic mass is 10.2. The summed E-state index contributed by atoms with van der Waals surface area (Å²) >= 11 is 5.16. The minimum atomic E-state index is 0.533. The highest BCUT2D eigenvalue weighted by Crippen LogP contribution is 2.19. The van der Waals surface area contributed by atoms with Crippen molar-refractivity contribution in [2.45, 2.75) is 18.9 Å².